The molecule has 0 radical (unpaired) electrons. The second kappa shape index (κ2) is 10.8. The molecule has 4 heteroatoms. The van der Waals surface area contributed by atoms with Crippen LogP contribution >= 0.6 is 0 Å². The maximum absolute atomic E-state index is 12.3. The highest BCUT2D eigenvalue weighted by atomic mass is 16.5. The maximum Gasteiger partial charge on any atom is 0.338 e. The third-order valence-electron chi connectivity index (χ3n) is 4.40. The van der Waals surface area contributed by atoms with Crippen molar-refractivity contribution in [3.63, 3.8) is 0 Å². The molecule has 0 saturated heterocycles. The van der Waals surface area contributed by atoms with Gasteiger partial charge in [0.2, 0.25) is 0 Å². The molecule has 1 aromatic rings. The number of esters is 2. The molecule has 0 N–H and O–H groups in total. The van der Waals surface area contributed by atoms with E-state index in [-0.39, 0.29) is 11.9 Å². The quantitative estimate of drug-likeness (QED) is 0.432. The third kappa shape index (κ3) is 5.99. The van der Waals surface area contributed by atoms with Gasteiger partial charge in [0.1, 0.15) is 0 Å². The molecule has 0 saturated carbocycles. The van der Waals surface area contributed by atoms with Crippen molar-refractivity contribution in [1.82, 2.24) is 0 Å². The summed E-state index contributed by atoms with van der Waals surface area (Å²) in [5, 5.41) is 0. The lowest BCUT2D eigenvalue weighted by Gasteiger charge is -2.30. The number of unbranched alkanes of at least 4 members (excludes halogenated alkanes) is 1. The number of methoxy groups -OCH3 is 1. The minimum Gasteiger partial charge on any atom is -0.469 e. The Morgan fingerprint density at radius 2 is 1.62 bits per heavy atom. The van der Waals surface area contributed by atoms with Crippen LogP contribution in [0.3, 0.4) is 0 Å². The maximum atomic E-state index is 12.3. The molecule has 0 aromatic heterocycles. The lowest BCUT2D eigenvalue weighted by Crippen LogP contribution is -2.33. The number of carbonyl (C=O) groups is 2. The van der Waals surface area contributed by atoms with Crippen molar-refractivity contribution in [2.24, 2.45) is 5.41 Å². The molecular formula is C20H30O4. The summed E-state index contributed by atoms with van der Waals surface area (Å²) in [6.45, 7) is 4.52. The molecule has 0 amide bonds. The summed E-state index contributed by atoms with van der Waals surface area (Å²) in [6, 6.07) is 8.95. The van der Waals surface area contributed by atoms with Gasteiger partial charge in [-0.3, -0.25) is 4.79 Å². The van der Waals surface area contributed by atoms with Crippen molar-refractivity contribution in [2.75, 3.05) is 13.7 Å². The normalized spacial score (nSPS) is 13.1. The molecule has 0 aliphatic carbocycles. The van der Waals surface area contributed by atoms with Crippen molar-refractivity contribution in [3.05, 3.63) is 35.9 Å². The highest BCUT2D eigenvalue weighted by Gasteiger charge is 2.37. The van der Waals surface area contributed by atoms with Crippen molar-refractivity contribution in [1.29, 1.82) is 0 Å². The molecule has 0 fully saturated rings. The molecule has 0 spiro atoms. The van der Waals surface area contributed by atoms with Gasteiger partial charge in [-0.05, 0) is 37.8 Å². The molecule has 0 aliphatic rings. The summed E-state index contributed by atoms with van der Waals surface area (Å²) >= 11 is 0. The monoisotopic (exact) mass is 334 g/mol. The van der Waals surface area contributed by atoms with Crippen LogP contribution in [0.4, 0.5) is 0 Å². The van der Waals surface area contributed by atoms with Gasteiger partial charge in [0.15, 0.2) is 0 Å². The van der Waals surface area contributed by atoms with Crippen LogP contribution < -0.4 is 0 Å². The SMILES string of the molecule is CCCCC(CCC)(CCCOC(=O)c1ccccc1)C(=O)OC. The second-order valence-electron chi connectivity index (χ2n) is 6.23. The van der Waals surface area contributed by atoms with E-state index in [9.17, 15) is 9.59 Å². The van der Waals surface area contributed by atoms with E-state index in [1.165, 1.54) is 7.11 Å². The number of hydrogen-bond donors (Lipinski definition) is 0. The summed E-state index contributed by atoms with van der Waals surface area (Å²) in [7, 11) is 1.45. The molecule has 134 valence electrons. The Bertz CT molecular complexity index is 498. The summed E-state index contributed by atoms with van der Waals surface area (Å²) in [5.41, 5.74) is 0.106. The van der Waals surface area contributed by atoms with Gasteiger partial charge >= 0.3 is 11.9 Å². The van der Waals surface area contributed by atoms with E-state index in [4.69, 9.17) is 9.47 Å². The van der Waals surface area contributed by atoms with Crippen molar-refractivity contribution < 1.29 is 19.1 Å². The van der Waals surface area contributed by atoms with Gasteiger partial charge < -0.3 is 9.47 Å². The molecule has 1 atom stereocenters. The molecule has 1 rings (SSSR count). The third-order valence-corrected chi connectivity index (χ3v) is 4.40. The Morgan fingerprint density at radius 3 is 2.21 bits per heavy atom. The Morgan fingerprint density at radius 1 is 0.958 bits per heavy atom. The van der Waals surface area contributed by atoms with Crippen molar-refractivity contribution in [3.8, 4) is 0 Å². The molecular weight excluding hydrogens is 304 g/mol. The van der Waals surface area contributed by atoms with E-state index in [1.807, 2.05) is 18.2 Å². The number of benzene rings is 1. The Balaban J connectivity index is 2.57. The van der Waals surface area contributed by atoms with Crippen LogP contribution in [0, 0.1) is 5.41 Å². The summed E-state index contributed by atoms with van der Waals surface area (Å²) in [5.74, 6) is -0.449. The topological polar surface area (TPSA) is 52.6 Å². The first-order valence-electron chi connectivity index (χ1n) is 8.90. The molecule has 4 nitrogen and oxygen atoms in total. The van der Waals surface area contributed by atoms with Gasteiger partial charge in [-0.25, -0.2) is 4.79 Å². The van der Waals surface area contributed by atoms with Gasteiger partial charge in [0.05, 0.1) is 24.7 Å². The van der Waals surface area contributed by atoms with Crippen LogP contribution in [0.2, 0.25) is 0 Å². The highest BCUT2D eigenvalue weighted by Crippen LogP contribution is 2.37. The van der Waals surface area contributed by atoms with E-state index in [1.54, 1.807) is 12.1 Å². The zero-order chi connectivity index (χ0) is 17.8. The number of carbonyl (C=O) groups excluding carboxylic acids is 2. The van der Waals surface area contributed by atoms with Crippen molar-refractivity contribution in [2.45, 2.75) is 58.8 Å². The predicted octanol–water partition coefficient (Wildman–Crippen LogP) is 4.77. The van der Waals surface area contributed by atoms with Crippen LogP contribution in [0.25, 0.3) is 0 Å². The van der Waals surface area contributed by atoms with E-state index >= 15 is 0 Å². The summed E-state index contributed by atoms with van der Waals surface area (Å²) in [4.78, 5) is 24.3. The van der Waals surface area contributed by atoms with E-state index < -0.39 is 5.41 Å². The van der Waals surface area contributed by atoms with Gasteiger partial charge in [0.25, 0.3) is 0 Å². The van der Waals surface area contributed by atoms with Gasteiger partial charge in [0, 0.05) is 0 Å². The Kier molecular flexibility index (Phi) is 9.13. The first-order chi connectivity index (χ1) is 11.6. The average molecular weight is 334 g/mol. The first kappa shape index (κ1) is 20.2. The zero-order valence-corrected chi connectivity index (χ0v) is 15.2. The number of hydrogen-bond acceptors (Lipinski definition) is 4. The number of rotatable bonds is 11. The molecule has 0 heterocycles. The Hall–Kier alpha value is -1.84. The van der Waals surface area contributed by atoms with E-state index in [0.29, 0.717) is 25.0 Å². The van der Waals surface area contributed by atoms with E-state index in [2.05, 4.69) is 13.8 Å². The molecule has 0 aliphatic heterocycles. The van der Waals surface area contributed by atoms with Gasteiger partial charge in [-0.1, -0.05) is 51.3 Å². The predicted molar refractivity (Wildman–Crippen MR) is 94.8 cm³/mol. The second-order valence-corrected chi connectivity index (χ2v) is 6.23. The highest BCUT2D eigenvalue weighted by molar-refractivity contribution is 5.89. The average Bonchev–Trinajstić information content (AvgIpc) is 2.63. The fourth-order valence-corrected chi connectivity index (χ4v) is 3.12. The smallest absolute Gasteiger partial charge is 0.338 e. The minimum absolute atomic E-state index is 0.132. The van der Waals surface area contributed by atoms with Gasteiger partial charge in [-0.2, -0.15) is 0 Å². The van der Waals surface area contributed by atoms with Gasteiger partial charge in [-0.15, -0.1) is 0 Å². The Labute approximate surface area is 145 Å². The van der Waals surface area contributed by atoms with Crippen LogP contribution in [0.5, 0.6) is 0 Å². The van der Waals surface area contributed by atoms with Crippen LogP contribution in [0.1, 0.15) is 69.2 Å². The fourth-order valence-electron chi connectivity index (χ4n) is 3.12. The standard InChI is InChI=1S/C20H30O4/c1-4-6-14-20(13-5-2,19(22)23-3)15-10-16-24-18(21)17-11-8-7-9-12-17/h7-9,11-12H,4-6,10,13-16H2,1-3H3. The lowest BCUT2D eigenvalue weighted by atomic mass is 9.75. The molecule has 1 unspecified atom stereocenters. The first-order valence-corrected chi connectivity index (χ1v) is 8.90. The van der Waals surface area contributed by atoms with Crippen molar-refractivity contribution >= 4 is 11.9 Å². The summed E-state index contributed by atoms with van der Waals surface area (Å²) < 4.78 is 10.4. The molecule has 24 heavy (non-hydrogen) atoms. The van der Waals surface area contributed by atoms with Crippen LogP contribution in [0.15, 0.2) is 30.3 Å². The largest absolute Gasteiger partial charge is 0.469 e. The summed E-state index contributed by atoms with van der Waals surface area (Å²) in [6.07, 6.45) is 5.98. The molecule has 0 bridgehead atoms. The fraction of sp³-hybridized carbons (Fsp3) is 0.600. The molecule has 1 aromatic carbocycles. The van der Waals surface area contributed by atoms with E-state index in [0.717, 1.165) is 32.1 Å². The van der Waals surface area contributed by atoms with Crippen LogP contribution in [-0.2, 0) is 14.3 Å². The minimum atomic E-state index is -0.446. The zero-order valence-electron chi connectivity index (χ0n) is 15.2. The number of ether oxygens (including phenoxy) is 2. The lowest BCUT2D eigenvalue weighted by molar-refractivity contribution is -0.154. The van der Waals surface area contributed by atoms with Crippen LogP contribution in [-0.4, -0.2) is 25.7 Å².